The van der Waals surface area contributed by atoms with Crippen molar-refractivity contribution in [2.75, 3.05) is 24.5 Å². The second-order valence-corrected chi connectivity index (χ2v) is 4.12. The van der Waals surface area contributed by atoms with E-state index in [9.17, 15) is 0 Å². The highest BCUT2D eigenvalue weighted by molar-refractivity contribution is 5.88. The minimum Gasteiger partial charge on any atom is -0.372 e. The van der Waals surface area contributed by atoms with E-state index in [1.165, 1.54) is 24.1 Å². The topological polar surface area (TPSA) is 15.6 Å². The first-order valence-electron chi connectivity index (χ1n) is 6.67. The van der Waals surface area contributed by atoms with Crippen molar-refractivity contribution in [1.29, 1.82) is 0 Å². The van der Waals surface area contributed by atoms with Crippen molar-refractivity contribution in [2.24, 2.45) is 4.99 Å². The smallest absolute Gasteiger partial charge is 0.0455 e. The molecule has 0 aliphatic rings. The molecule has 2 nitrogen and oxygen atoms in total. The molecule has 0 saturated heterocycles. The molecule has 94 valence electrons. The first kappa shape index (κ1) is 13.8. The summed E-state index contributed by atoms with van der Waals surface area (Å²) in [6.07, 6.45) is 4.39. The molecule has 0 aliphatic carbocycles. The Morgan fingerprint density at radius 1 is 1.12 bits per heavy atom. The van der Waals surface area contributed by atoms with Crippen LogP contribution in [0.3, 0.4) is 0 Å². The maximum atomic E-state index is 4.49. The minimum atomic E-state index is 0.934. The molecule has 0 aromatic heterocycles. The van der Waals surface area contributed by atoms with Crippen LogP contribution < -0.4 is 4.90 Å². The molecule has 0 spiro atoms. The lowest BCUT2D eigenvalue weighted by molar-refractivity contribution is 0.810. The Bertz CT molecular complexity index is 341. The highest BCUT2D eigenvalue weighted by Gasteiger charge is 2.05. The average Bonchev–Trinajstić information content (AvgIpc) is 2.38. The van der Waals surface area contributed by atoms with E-state index in [1.54, 1.807) is 0 Å². The van der Waals surface area contributed by atoms with Gasteiger partial charge in [0.2, 0.25) is 0 Å². The quantitative estimate of drug-likeness (QED) is 0.516. The van der Waals surface area contributed by atoms with Gasteiger partial charge in [-0.05, 0) is 26.3 Å². The number of rotatable bonds is 7. The SMILES string of the molecule is CCCCN=Cc1ccccc1N(CC)CC. The number of benzene rings is 1. The lowest BCUT2D eigenvalue weighted by Crippen LogP contribution is -2.23. The summed E-state index contributed by atoms with van der Waals surface area (Å²) < 4.78 is 0. The Morgan fingerprint density at radius 3 is 2.47 bits per heavy atom. The first-order valence-corrected chi connectivity index (χ1v) is 6.67. The summed E-state index contributed by atoms with van der Waals surface area (Å²) in [6.45, 7) is 9.58. The normalized spacial score (nSPS) is 11.0. The van der Waals surface area contributed by atoms with Crippen molar-refractivity contribution in [1.82, 2.24) is 0 Å². The van der Waals surface area contributed by atoms with E-state index >= 15 is 0 Å². The molecule has 0 N–H and O–H groups in total. The monoisotopic (exact) mass is 232 g/mol. The molecule has 0 fully saturated rings. The summed E-state index contributed by atoms with van der Waals surface area (Å²) in [6, 6.07) is 8.49. The second-order valence-electron chi connectivity index (χ2n) is 4.12. The van der Waals surface area contributed by atoms with Crippen LogP contribution in [0.2, 0.25) is 0 Å². The van der Waals surface area contributed by atoms with E-state index in [0.717, 1.165) is 19.6 Å². The van der Waals surface area contributed by atoms with E-state index in [4.69, 9.17) is 0 Å². The number of anilines is 1. The summed E-state index contributed by atoms with van der Waals surface area (Å²) in [4.78, 5) is 6.85. The lowest BCUT2D eigenvalue weighted by Gasteiger charge is -2.22. The van der Waals surface area contributed by atoms with Crippen molar-refractivity contribution in [3.8, 4) is 0 Å². The third-order valence-corrected chi connectivity index (χ3v) is 2.91. The molecular weight excluding hydrogens is 208 g/mol. The Balaban J connectivity index is 2.80. The summed E-state index contributed by atoms with van der Waals surface area (Å²) in [7, 11) is 0. The molecule has 0 amide bonds. The molecule has 1 rings (SSSR count). The zero-order valence-corrected chi connectivity index (χ0v) is 11.3. The Hall–Kier alpha value is -1.31. The van der Waals surface area contributed by atoms with E-state index in [1.807, 2.05) is 6.21 Å². The van der Waals surface area contributed by atoms with Crippen molar-refractivity contribution in [3.63, 3.8) is 0 Å². The van der Waals surface area contributed by atoms with Gasteiger partial charge in [0.15, 0.2) is 0 Å². The van der Waals surface area contributed by atoms with Crippen LogP contribution >= 0.6 is 0 Å². The number of para-hydroxylation sites is 1. The zero-order valence-electron chi connectivity index (χ0n) is 11.3. The highest BCUT2D eigenvalue weighted by atomic mass is 15.1. The molecule has 0 unspecified atom stereocenters. The van der Waals surface area contributed by atoms with Gasteiger partial charge in [-0.2, -0.15) is 0 Å². The summed E-state index contributed by atoms with van der Waals surface area (Å²) >= 11 is 0. The molecule has 0 heterocycles. The predicted molar refractivity (Wildman–Crippen MR) is 77.4 cm³/mol. The number of nitrogens with zero attached hydrogens (tertiary/aromatic N) is 2. The molecule has 0 radical (unpaired) electrons. The van der Waals surface area contributed by atoms with Crippen LogP contribution in [0.5, 0.6) is 0 Å². The van der Waals surface area contributed by atoms with Gasteiger partial charge < -0.3 is 4.90 Å². The number of hydrogen-bond donors (Lipinski definition) is 0. The van der Waals surface area contributed by atoms with Crippen molar-refractivity contribution < 1.29 is 0 Å². The lowest BCUT2D eigenvalue weighted by atomic mass is 10.1. The molecule has 0 aliphatic heterocycles. The molecule has 0 bridgehead atoms. The fraction of sp³-hybridized carbons (Fsp3) is 0.533. The fourth-order valence-corrected chi connectivity index (χ4v) is 1.86. The van der Waals surface area contributed by atoms with Crippen LogP contribution in [0.4, 0.5) is 5.69 Å². The zero-order chi connectivity index (χ0) is 12.5. The van der Waals surface area contributed by atoms with Gasteiger partial charge in [-0.25, -0.2) is 0 Å². The summed E-state index contributed by atoms with van der Waals surface area (Å²) in [5.41, 5.74) is 2.52. The van der Waals surface area contributed by atoms with Gasteiger partial charge in [-0.3, -0.25) is 4.99 Å². The molecular formula is C15H24N2. The molecule has 1 aromatic carbocycles. The van der Waals surface area contributed by atoms with Gasteiger partial charge in [0, 0.05) is 37.1 Å². The standard InChI is InChI=1S/C15H24N2/c1-4-7-12-16-13-14-10-8-9-11-15(14)17(5-2)6-3/h8-11,13H,4-7,12H2,1-3H3. The molecule has 0 atom stereocenters. The van der Waals surface area contributed by atoms with Gasteiger partial charge in [0.1, 0.15) is 0 Å². The number of hydrogen-bond acceptors (Lipinski definition) is 2. The van der Waals surface area contributed by atoms with E-state index in [-0.39, 0.29) is 0 Å². The summed E-state index contributed by atoms with van der Waals surface area (Å²) in [5, 5.41) is 0. The second kappa shape index (κ2) is 7.88. The van der Waals surface area contributed by atoms with Gasteiger partial charge in [0.05, 0.1) is 0 Å². The van der Waals surface area contributed by atoms with Gasteiger partial charge in [0.25, 0.3) is 0 Å². The predicted octanol–water partition coefficient (Wildman–Crippen LogP) is 3.75. The third kappa shape index (κ3) is 4.22. The van der Waals surface area contributed by atoms with Crippen molar-refractivity contribution in [2.45, 2.75) is 33.6 Å². The molecule has 2 heteroatoms. The van der Waals surface area contributed by atoms with Crippen molar-refractivity contribution in [3.05, 3.63) is 29.8 Å². The number of aliphatic imine (C=N–C) groups is 1. The van der Waals surface area contributed by atoms with Crippen LogP contribution in [-0.2, 0) is 0 Å². The van der Waals surface area contributed by atoms with Crippen molar-refractivity contribution >= 4 is 11.9 Å². The highest BCUT2D eigenvalue weighted by Crippen LogP contribution is 2.18. The Labute approximate surface area is 105 Å². The van der Waals surface area contributed by atoms with Gasteiger partial charge in [-0.1, -0.05) is 31.5 Å². The largest absolute Gasteiger partial charge is 0.372 e. The van der Waals surface area contributed by atoms with Crippen LogP contribution in [-0.4, -0.2) is 25.8 Å². The van der Waals surface area contributed by atoms with Crippen LogP contribution in [0.25, 0.3) is 0 Å². The van der Waals surface area contributed by atoms with Gasteiger partial charge >= 0.3 is 0 Å². The van der Waals surface area contributed by atoms with Crippen LogP contribution in [0, 0.1) is 0 Å². The van der Waals surface area contributed by atoms with E-state index in [2.05, 4.69) is 54.9 Å². The first-order chi connectivity index (χ1) is 8.33. The van der Waals surface area contributed by atoms with E-state index in [0.29, 0.717) is 0 Å². The Morgan fingerprint density at radius 2 is 1.82 bits per heavy atom. The summed E-state index contributed by atoms with van der Waals surface area (Å²) in [5.74, 6) is 0. The maximum Gasteiger partial charge on any atom is 0.0455 e. The minimum absolute atomic E-state index is 0.934. The Kier molecular flexibility index (Phi) is 6.38. The average molecular weight is 232 g/mol. The molecule has 1 aromatic rings. The number of unbranched alkanes of at least 4 members (excludes halogenated alkanes) is 1. The maximum absolute atomic E-state index is 4.49. The third-order valence-electron chi connectivity index (χ3n) is 2.91. The molecule has 0 saturated carbocycles. The fourth-order valence-electron chi connectivity index (χ4n) is 1.86. The van der Waals surface area contributed by atoms with Crippen LogP contribution in [0.1, 0.15) is 39.2 Å². The van der Waals surface area contributed by atoms with Gasteiger partial charge in [-0.15, -0.1) is 0 Å². The molecule has 17 heavy (non-hydrogen) atoms. The van der Waals surface area contributed by atoms with Crippen LogP contribution in [0.15, 0.2) is 29.3 Å². The van der Waals surface area contributed by atoms with E-state index < -0.39 is 0 Å².